The third-order valence-electron chi connectivity index (χ3n) is 2.47. The second-order valence-electron chi connectivity index (χ2n) is 5.56. The Hall–Kier alpha value is -1.36. The van der Waals surface area contributed by atoms with Gasteiger partial charge in [-0.1, -0.05) is 0 Å². The molecule has 1 saturated heterocycles. The van der Waals surface area contributed by atoms with Crippen molar-refractivity contribution in [2.24, 2.45) is 0 Å². The number of nitrogens with zero attached hydrogens (tertiary/aromatic N) is 2. The third-order valence-corrected chi connectivity index (χ3v) is 2.47. The van der Waals surface area contributed by atoms with Gasteiger partial charge in [-0.25, -0.2) is 9.97 Å². The molecule has 2 rings (SSSR count). The molecule has 0 aromatic carbocycles. The summed E-state index contributed by atoms with van der Waals surface area (Å²) in [5.41, 5.74) is 0.0100. The molecule has 1 fully saturated rings. The van der Waals surface area contributed by atoms with E-state index in [0.29, 0.717) is 6.04 Å². The third kappa shape index (κ3) is 3.56. The first-order valence-electron chi connectivity index (χ1n) is 6.03. The van der Waals surface area contributed by atoms with E-state index in [9.17, 15) is 0 Å². The van der Waals surface area contributed by atoms with Crippen molar-refractivity contribution < 1.29 is 0 Å². The number of aromatic nitrogens is 2. The first-order valence-corrected chi connectivity index (χ1v) is 6.03. The van der Waals surface area contributed by atoms with Crippen LogP contribution in [0.5, 0.6) is 0 Å². The SMILES string of the molecule is Cc1nc(NC2CNC2)cc(NC(C)(C)C)n1. The van der Waals surface area contributed by atoms with Gasteiger partial charge in [0, 0.05) is 24.7 Å². The molecule has 17 heavy (non-hydrogen) atoms. The van der Waals surface area contributed by atoms with E-state index in [4.69, 9.17) is 0 Å². The van der Waals surface area contributed by atoms with Gasteiger partial charge in [0.1, 0.15) is 17.5 Å². The highest BCUT2D eigenvalue weighted by atomic mass is 15.2. The largest absolute Gasteiger partial charge is 0.365 e. The van der Waals surface area contributed by atoms with E-state index in [1.54, 1.807) is 0 Å². The zero-order chi connectivity index (χ0) is 12.5. The molecule has 0 atom stereocenters. The van der Waals surface area contributed by atoms with E-state index in [1.807, 2.05) is 13.0 Å². The smallest absolute Gasteiger partial charge is 0.132 e. The van der Waals surface area contributed by atoms with E-state index in [2.05, 4.69) is 46.7 Å². The van der Waals surface area contributed by atoms with Gasteiger partial charge in [-0.3, -0.25) is 0 Å². The van der Waals surface area contributed by atoms with Crippen LogP contribution in [0.3, 0.4) is 0 Å². The minimum atomic E-state index is 0.0100. The summed E-state index contributed by atoms with van der Waals surface area (Å²) in [6.07, 6.45) is 0. The highest BCUT2D eigenvalue weighted by Crippen LogP contribution is 2.16. The molecular weight excluding hydrogens is 214 g/mol. The first kappa shape index (κ1) is 12.1. The Morgan fingerprint density at radius 3 is 2.41 bits per heavy atom. The molecule has 1 aliphatic rings. The number of rotatable bonds is 3. The van der Waals surface area contributed by atoms with E-state index < -0.39 is 0 Å². The summed E-state index contributed by atoms with van der Waals surface area (Å²) in [4.78, 5) is 8.79. The summed E-state index contributed by atoms with van der Waals surface area (Å²) < 4.78 is 0. The number of anilines is 2. The van der Waals surface area contributed by atoms with Gasteiger partial charge in [0.15, 0.2) is 0 Å². The summed E-state index contributed by atoms with van der Waals surface area (Å²) in [5.74, 6) is 2.56. The molecular formula is C12H21N5. The number of nitrogens with one attached hydrogen (secondary N) is 3. The minimum absolute atomic E-state index is 0.0100. The van der Waals surface area contributed by atoms with E-state index in [0.717, 1.165) is 30.5 Å². The average molecular weight is 235 g/mol. The zero-order valence-electron chi connectivity index (χ0n) is 11.0. The van der Waals surface area contributed by atoms with E-state index >= 15 is 0 Å². The summed E-state index contributed by atoms with van der Waals surface area (Å²) in [6, 6.07) is 2.46. The standard InChI is InChI=1S/C12H21N5/c1-8-14-10(16-9-6-13-7-9)5-11(15-8)17-12(2,3)4/h5,9,13H,6-7H2,1-4H3,(H2,14,15,16,17). The normalized spacial score (nSPS) is 16.5. The number of aryl methyl sites for hydroxylation is 1. The number of hydrogen-bond acceptors (Lipinski definition) is 5. The van der Waals surface area contributed by atoms with Crippen molar-refractivity contribution in [3.8, 4) is 0 Å². The fourth-order valence-electron chi connectivity index (χ4n) is 1.69. The van der Waals surface area contributed by atoms with Gasteiger partial charge in [-0.15, -0.1) is 0 Å². The lowest BCUT2D eigenvalue weighted by atomic mass is 10.1. The Labute approximate surface area is 102 Å². The number of hydrogen-bond donors (Lipinski definition) is 3. The molecule has 0 saturated carbocycles. The average Bonchev–Trinajstić information content (AvgIpc) is 2.07. The topological polar surface area (TPSA) is 61.9 Å². The quantitative estimate of drug-likeness (QED) is 0.739. The van der Waals surface area contributed by atoms with Crippen molar-refractivity contribution in [1.82, 2.24) is 15.3 Å². The van der Waals surface area contributed by atoms with Gasteiger partial charge < -0.3 is 16.0 Å². The van der Waals surface area contributed by atoms with Crippen molar-refractivity contribution in [3.63, 3.8) is 0 Å². The second kappa shape index (κ2) is 4.49. The fraction of sp³-hybridized carbons (Fsp3) is 0.667. The Balaban J connectivity index is 2.10. The van der Waals surface area contributed by atoms with Crippen LogP contribution in [0.25, 0.3) is 0 Å². The van der Waals surface area contributed by atoms with Gasteiger partial charge in [0.05, 0.1) is 6.04 Å². The monoisotopic (exact) mass is 235 g/mol. The Morgan fingerprint density at radius 1 is 1.24 bits per heavy atom. The molecule has 5 heteroatoms. The van der Waals surface area contributed by atoms with Crippen LogP contribution in [-0.2, 0) is 0 Å². The van der Waals surface area contributed by atoms with Gasteiger partial charge in [0.2, 0.25) is 0 Å². The highest BCUT2D eigenvalue weighted by molar-refractivity contribution is 5.49. The zero-order valence-corrected chi connectivity index (χ0v) is 11.0. The molecule has 0 unspecified atom stereocenters. The Morgan fingerprint density at radius 2 is 1.88 bits per heavy atom. The van der Waals surface area contributed by atoms with Crippen LogP contribution in [0, 0.1) is 6.92 Å². The molecule has 0 amide bonds. The molecule has 2 heterocycles. The van der Waals surface area contributed by atoms with Crippen LogP contribution in [-0.4, -0.2) is 34.6 Å². The fourth-order valence-corrected chi connectivity index (χ4v) is 1.69. The highest BCUT2D eigenvalue weighted by Gasteiger charge is 2.17. The van der Waals surface area contributed by atoms with Crippen molar-refractivity contribution >= 4 is 11.6 Å². The van der Waals surface area contributed by atoms with Crippen LogP contribution >= 0.6 is 0 Å². The molecule has 94 valence electrons. The van der Waals surface area contributed by atoms with Crippen molar-refractivity contribution in [1.29, 1.82) is 0 Å². The Kier molecular flexibility index (Phi) is 3.19. The van der Waals surface area contributed by atoms with Gasteiger partial charge in [0.25, 0.3) is 0 Å². The molecule has 1 aromatic rings. The van der Waals surface area contributed by atoms with Gasteiger partial charge in [-0.05, 0) is 27.7 Å². The summed E-state index contributed by atoms with van der Waals surface area (Å²) >= 11 is 0. The molecule has 0 bridgehead atoms. The summed E-state index contributed by atoms with van der Waals surface area (Å²) in [5, 5.41) is 9.98. The molecule has 3 N–H and O–H groups in total. The lowest BCUT2D eigenvalue weighted by Gasteiger charge is -2.29. The Bertz CT molecular complexity index is 392. The molecule has 0 spiro atoms. The molecule has 0 radical (unpaired) electrons. The predicted octanol–water partition coefficient (Wildman–Crippen LogP) is 1.38. The lowest BCUT2D eigenvalue weighted by Crippen LogP contribution is -2.51. The van der Waals surface area contributed by atoms with Crippen LogP contribution in [0.4, 0.5) is 11.6 Å². The van der Waals surface area contributed by atoms with E-state index in [1.165, 1.54) is 0 Å². The van der Waals surface area contributed by atoms with Crippen LogP contribution in [0.2, 0.25) is 0 Å². The maximum absolute atomic E-state index is 4.40. The van der Waals surface area contributed by atoms with E-state index in [-0.39, 0.29) is 5.54 Å². The van der Waals surface area contributed by atoms with Crippen molar-refractivity contribution in [2.45, 2.75) is 39.3 Å². The lowest BCUT2D eigenvalue weighted by molar-refractivity contribution is 0.471. The maximum atomic E-state index is 4.40. The first-order chi connectivity index (χ1) is 7.92. The predicted molar refractivity (Wildman–Crippen MR) is 70.4 cm³/mol. The minimum Gasteiger partial charge on any atom is -0.365 e. The molecule has 5 nitrogen and oxygen atoms in total. The van der Waals surface area contributed by atoms with Crippen LogP contribution in [0.1, 0.15) is 26.6 Å². The summed E-state index contributed by atoms with van der Waals surface area (Å²) in [7, 11) is 0. The van der Waals surface area contributed by atoms with Gasteiger partial charge in [-0.2, -0.15) is 0 Å². The molecule has 1 aliphatic heterocycles. The molecule has 0 aliphatic carbocycles. The van der Waals surface area contributed by atoms with Gasteiger partial charge >= 0.3 is 0 Å². The van der Waals surface area contributed by atoms with Crippen molar-refractivity contribution in [3.05, 3.63) is 11.9 Å². The summed E-state index contributed by atoms with van der Waals surface area (Å²) in [6.45, 7) is 10.3. The maximum Gasteiger partial charge on any atom is 0.132 e. The van der Waals surface area contributed by atoms with Crippen LogP contribution in [0.15, 0.2) is 6.07 Å². The second-order valence-corrected chi connectivity index (χ2v) is 5.56. The van der Waals surface area contributed by atoms with Crippen molar-refractivity contribution in [2.75, 3.05) is 23.7 Å². The van der Waals surface area contributed by atoms with Crippen LogP contribution < -0.4 is 16.0 Å². The molecule has 1 aromatic heterocycles.